The Balaban J connectivity index is 1.40. The number of amides is 1. The van der Waals surface area contributed by atoms with Gasteiger partial charge in [-0.2, -0.15) is 0 Å². The van der Waals surface area contributed by atoms with Crippen molar-refractivity contribution in [2.75, 3.05) is 17.7 Å². The minimum Gasteiger partial charge on any atom is -0.462 e. The first kappa shape index (κ1) is 20.5. The highest BCUT2D eigenvalue weighted by Crippen LogP contribution is 2.46. The molecule has 3 aromatic rings. The second-order valence-corrected chi connectivity index (χ2v) is 8.50. The number of esters is 1. The number of ether oxygens (including phenoxy) is 1. The van der Waals surface area contributed by atoms with Gasteiger partial charge in [-0.25, -0.2) is 14.2 Å². The number of aromatic amines is 1. The van der Waals surface area contributed by atoms with Crippen LogP contribution in [0.5, 0.6) is 0 Å². The number of rotatable bonds is 8. The predicted octanol–water partition coefficient (Wildman–Crippen LogP) is 4.46. The number of nitrogens with one attached hydrogen (secondary N) is 2. The summed E-state index contributed by atoms with van der Waals surface area (Å²) in [7, 11) is 0. The van der Waals surface area contributed by atoms with Crippen LogP contribution in [0.2, 0.25) is 0 Å². The van der Waals surface area contributed by atoms with Crippen molar-refractivity contribution in [2.24, 2.45) is 0 Å². The van der Waals surface area contributed by atoms with E-state index < -0.39 is 11.8 Å². The SMILES string of the molecule is CCOC(=O)c1c(C2CC2)csc1NC(=O)CSc1n[nH]c(-c2ccccc2F)n1. The first-order valence-corrected chi connectivity index (χ1v) is 11.3. The van der Waals surface area contributed by atoms with Crippen LogP contribution in [0.15, 0.2) is 34.8 Å². The van der Waals surface area contributed by atoms with Crippen LogP contribution in [0, 0.1) is 5.82 Å². The molecule has 2 heterocycles. The summed E-state index contributed by atoms with van der Waals surface area (Å²) in [5.41, 5.74) is 1.72. The lowest BCUT2D eigenvalue weighted by atomic mass is 10.1. The van der Waals surface area contributed by atoms with Crippen molar-refractivity contribution >= 4 is 40.0 Å². The van der Waals surface area contributed by atoms with E-state index in [9.17, 15) is 14.0 Å². The number of carbonyl (C=O) groups excluding carboxylic acids is 2. The van der Waals surface area contributed by atoms with Crippen molar-refractivity contribution < 1.29 is 18.7 Å². The molecule has 30 heavy (non-hydrogen) atoms. The number of H-pyrrole nitrogens is 1. The van der Waals surface area contributed by atoms with Crippen LogP contribution in [0.4, 0.5) is 9.39 Å². The highest BCUT2D eigenvalue weighted by molar-refractivity contribution is 7.99. The maximum absolute atomic E-state index is 13.9. The van der Waals surface area contributed by atoms with Gasteiger partial charge in [0.25, 0.3) is 0 Å². The molecular formula is C20H19FN4O3S2. The Bertz CT molecular complexity index is 1080. The van der Waals surface area contributed by atoms with E-state index in [0.29, 0.717) is 33.0 Å². The zero-order valence-corrected chi connectivity index (χ0v) is 17.7. The molecule has 1 fully saturated rings. The molecule has 1 aromatic carbocycles. The normalized spacial score (nSPS) is 13.3. The monoisotopic (exact) mass is 446 g/mol. The van der Waals surface area contributed by atoms with Gasteiger partial charge in [-0.3, -0.25) is 9.89 Å². The molecule has 0 radical (unpaired) electrons. The second kappa shape index (κ2) is 8.97. The lowest BCUT2D eigenvalue weighted by Crippen LogP contribution is -2.16. The van der Waals surface area contributed by atoms with Gasteiger partial charge in [0, 0.05) is 0 Å². The van der Waals surface area contributed by atoms with Gasteiger partial charge in [0.05, 0.1) is 23.5 Å². The van der Waals surface area contributed by atoms with Gasteiger partial charge in [0.15, 0.2) is 5.82 Å². The number of halogens is 1. The summed E-state index contributed by atoms with van der Waals surface area (Å²) >= 11 is 2.45. The van der Waals surface area contributed by atoms with Gasteiger partial charge < -0.3 is 10.1 Å². The van der Waals surface area contributed by atoms with E-state index >= 15 is 0 Å². The van der Waals surface area contributed by atoms with Crippen molar-refractivity contribution in [1.29, 1.82) is 0 Å². The molecule has 1 aliphatic rings. The van der Waals surface area contributed by atoms with Crippen molar-refractivity contribution in [3.05, 3.63) is 46.6 Å². The smallest absolute Gasteiger partial charge is 0.341 e. The van der Waals surface area contributed by atoms with Crippen LogP contribution in [0.3, 0.4) is 0 Å². The van der Waals surface area contributed by atoms with E-state index in [0.717, 1.165) is 30.2 Å². The summed E-state index contributed by atoms with van der Waals surface area (Å²) < 4.78 is 19.0. The molecule has 7 nitrogen and oxygen atoms in total. The van der Waals surface area contributed by atoms with Crippen LogP contribution in [0.25, 0.3) is 11.4 Å². The average Bonchev–Trinajstić information content (AvgIpc) is 3.32. The Hall–Kier alpha value is -2.72. The van der Waals surface area contributed by atoms with Gasteiger partial charge in [0.1, 0.15) is 10.8 Å². The number of hydrogen-bond acceptors (Lipinski definition) is 7. The molecule has 0 saturated heterocycles. The first-order valence-electron chi connectivity index (χ1n) is 9.45. The highest BCUT2D eigenvalue weighted by atomic mass is 32.2. The number of benzene rings is 1. The summed E-state index contributed by atoms with van der Waals surface area (Å²) in [5.74, 6) is -0.385. The average molecular weight is 447 g/mol. The van der Waals surface area contributed by atoms with E-state index in [4.69, 9.17) is 4.74 Å². The Kier molecular flexibility index (Phi) is 6.14. The lowest BCUT2D eigenvalue weighted by molar-refractivity contribution is -0.113. The maximum atomic E-state index is 13.9. The maximum Gasteiger partial charge on any atom is 0.341 e. The summed E-state index contributed by atoms with van der Waals surface area (Å²) in [4.78, 5) is 29.1. The third-order valence-corrected chi connectivity index (χ3v) is 6.26. The molecule has 156 valence electrons. The Morgan fingerprint density at radius 2 is 2.17 bits per heavy atom. The van der Waals surface area contributed by atoms with Gasteiger partial charge in [-0.05, 0) is 48.8 Å². The molecule has 0 unspecified atom stereocenters. The minimum atomic E-state index is -0.410. The van der Waals surface area contributed by atoms with Crippen LogP contribution in [-0.2, 0) is 9.53 Å². The molecule has 10 heteroatoms. The fraction of sp³-hybridized carbons (Fsp3) is 0.300. The quantitative estimate of drug-likeness (QED) is 0.392. The third-order valence-electron chi connectivity index (χ3n) is 4.50. The first-order chi connectivity index (χ1) is 14.6. The molecule has 1 amide bonds. The zero-order chi connectivity index (χ0) is 21.1. The number of thioether (sulfide) groups is 1. The Morgan fingerprint density at radius 1 is 1.37 bits per heavy atom. The topological polar surface area (TPSA) is 97.0 Å². The predicted molar refractivity (Wildman–Crippen MR) is 113 cm³/mol. The molecule has 2 aromatic heterocycles. The second-order valence-electron chi connectivity index (χ2n) is 6.67. The van der Waals surface area contributed by atoms with Crippen LogP contribution >= 0.6 is 23.1 Å². The third kappa shape index (κ3) is 4.54. The number of anilines is 1. The molecule has 0 bridgehead atoms. The molecule has 4 rings (SSSR count). The van der Waals surface area contributed by atoms with E-state index in [1.165, 1.54) is 17.4 Å². The molecule has 0 atom stereocenters. The van der Waals surface area contributed by atoms with Crippen molar-refractivity contribution in [3.8, 4) is 11.4 Å². The molecule has 1 saturated carbocycles. The molecular weight excluding hydrogens is 427 g/mol. The standard InChI is InChI=1S/C20H19FN4O3S2/c1-2-28-19(27)16-13(11-7-8-11)9-29-18(16)22-15(26)10-30-20-23-17(24-25-20)12-5-3-4-6-14(12)21/h3-6,9,11H,2,7-8,10H2,1H3,(H,22,26)(H,23,24,25). The molecule has 1 aliphatic carbocycles. The molecule has 0 spiro atoms. The van der Waals surface area contributed by atoms with Crippen LogP contribution < -0.4 is 5.32 Å². The fourth-order valence-corrected chi connectivity index (χ4v) is 4.59. The summed E-state index contributed by atoms with van der Waals surface area (Å²) in [6, 6.07) is 6.25. The molecule has 0 aliphatic heterocycles. The van der Waals surface area contributed by atoms with Gasteiger partial charge >= 0.3 is 5.97 Å². The van der Waals surface area contributed by atoms with Gasteiger partial charge in [-0.1, -0.05) is 23.9 Å². The zero-order valence-electron chi connectivity index (χ0n) is 16.1. The fourth-order valence-electron chi connectivity index (χ4n) is 2.95. The Morgan fingerprint density at radius 3 is 2.90 bits per heavy atom. The van der Waals surface area contributed by atoms with E-state index in [-0.39, 0.29) is 18.3 Å². The van der Waals surface area contributed by atoms with Crippen LogP contribution in [0.1, 0.15) is 41.6 Å². The number of hydrogen-bond donors (Lipinski definition) is 2. The van der Waals surface area contributed by atoms with Crippen LogP contribution in [-0.4, -0.2) is 39.4 Å². The number of carbonyl (C=O) groups is 2. The number of nitrogens with zero attached hydrogens (tertiary/aromatic N) is 2. The largest absolute Gasteiger partial charge is 0.462 e. The van der Waals surface area contributed by atoms with Gasteiger partial charge in [0.2, 0.25) is 11.1 Å². The number of thiophene rings is 1. The highest BCUT2D eigenvalue weighted by Gasteiger charge is 2.32. The summed E-state index contributed by atoms with van der Waals surface area (Å²) in [5, 5.41) is 12.3. The summed E-state index contributed by atoms with van der Waals surface area (Å²) in [6.45, 7) is 2.03. The summed E-state index contributed by atoms with van der Waals surface area (Å²) in [6.07, 6.45) is 2.09. The van der Waals surface area contributed by atoms with Crippen molar-refractivity contribution in [3.63, 3.8) is 0 Å². The van der Waals surface area contributed by atoms with Crippen molar-refractivity contribution in [2.45, 2.75) is 30.8 Å². The minimum absolute atomic E-state index is 0.0491. The van der Waals surface area contributed by atoms with Crippen molar-refractivity contribution in [1.82, 2.24) is 15.2 Å². The number of aromatic nitrogens is 3. The molecule has 2 N–H and O–H groups in total. The van der Waals surface area contributed by atoms with E-state index in [1.807, 2.05) is 5.38 Å². The van der Waals surface area contributed by atoms with E-state index in [1.54, 1.807) is 25.1 Å². The van der Waals surface area contributed by atoms with E-state index in [2.05, 4.69) is 20.5 Å². The lowest BCUT2D eigenvalue weighted by Gasteiger charge is -2.07. The Labute approximate surface area is 180 Å². The van der Waals surface area contributed by atoms with Gasteiger partial charge in [-0.15, -0.1) is 16.4 Å².